The number of aromatic amines is 1. The van der Waals surface area contributed by atoms with Crippen LogP contribution in [0.5, 0.6) is 0 Å². The lowest BCUT2D eigenvalue weighted by atomic mass is 10.0. The van der Waals surface area contributed by atoms with Gasteiger partial charge < -0.3 is 10.0 Å². The molecule has 3 atom stereocenters. The van der Waals surface area contributed by atoms with Gasteiger partial charge in [-0.2, -0.15) is 5.10 Å². The highest BCUT2D eigenvalue weighted by Crippen LogP contribution is 2.59. The molecule has 2 aliphatic rings. The Kier molecular flexibility index (Phi) is 3.30. The first-order chi connectivity index (χ1) is 10.3. The van der Waals surface area contributed by atoms with Crippen molar-refractivity contribution in [3.63, 3.8) is 0 Å². The number of aryl methyl sites for hydroxylation is 2. The molecule has 0 radical (unpaired) electrons. The number of amides is 1. The lowest BCUT2D eigenvalue weighted by Gasteiger charge is -2.26. The van der Waals surface area contributed by atoms with E-state index in [9.17, 15) is 14.7 Å². The summed E-state index contributed by atoms with van der Waals surface area (Å²) in [6, 6.07) is 0.0251. The van der Waals surface area contributed by atoms with E-state index in [1.165, 1.54) is 0 Å². The Morgan fingerprint density at radius 3 is 2.50 bits per heavy atom. The van der Waals surface area contributed by atoms with Crippen LogP contribution in [-0.2, 0) is 9.59 Å². The summed E-state index contributed by atoms with van der Waals surface area (Å²) in [6.07, 6.45) is 1.86. The minimum Gasteiger partial charge on any atom is -0.481 e. The summed E-state index contributed by atoms with van der Waals surface area (Å²) in [5.41, 5.74) is 2.56. The molecule has 1 aliphatic heterocycles. The van der Waals surface area contributed by atoms with E-state index in [1.807, 2.05) is 32.6 Å². The second-order valence-electron chi connectivity index (χ2n) is 7.15. The fourth-order valence-corrected chi connectivity index (χ4v) is 4.12. The Labute approximate surface area is 129 Å². The van der Waals surface area contributed by atoms with Crippen LogP contribution in [0.15, 0.2) is 0 Å². The largest absolute Gasteiger partial charge is 0.481 e. The van der Waals surface area contributed by atoms with Crippen LogP contribution >= 0.6 is 0 Å². The van der Waals surface area contributed by atoms with Crippen molar-refractivity contribution in [2.45, 2.75) is 46.6 Å². The zero-order valence-corrected chi connectivity index (χ0v) is 13.5. The van der Waals surface area contributed by atoms with Crippen molar-refractivity contribution in [3.8, 4) is 0 Å². The van der Waals surface area contributed by atoms with Gasteiger partial charge >= 0.3 is 5.97 Å². The zero-order valence-electron chi connectivity index (χ0n) is 13.5. The predicted molar refractivity (Wildman–Crippen MR) is 80.1 cm³/mol. The third kappa shape index (κ3) is 2.04. The summed E-state index contributed by atoms with van der Waals surface area (Å²) < 4.78 is 0. The molecule has 3 rings (SSSR count). The summed E-state index contributed by atoms with van der Waals surface area (Å²) in [5.74, 6) is -1.85. The molecule has 2 N–H and O–H groups in total. The number of H-pyrrole nitrogens is 1. The van der Waals surface area contributed by atoms with Crippen LogP contribution in [0.3, 0.4) is 0 Å². The molecule has 2 fully saturated rings. The van der Waals surface area contributed by atoms with Crippen LogP contribution in [-0.4, -0.2) is 38.6 Å². The van der Waals surface area contributed by atoms with Gasteiger partial charge in [0.05, 0.1) is 23.6 Å². The molecule has 2 heterocycles. The third-order valence-electron chi connectivity index (χ3n) is 5.41. The highest BCUT2D eigenvalue weighted by Gasteiger charge is 2.67. The van der Waals surface area contributed by atoms with E-state index in [4.69, 9.17) is 0 Å². The van der Waals surface area contributed by atoms with Crippen molar-refractivity contribution in [1.82, 2.24) is 15.1 Å². The van der Waals surface area contributed by atoms with Crippen LogP contribution in [0, 0.1) is 31.1 Å². The van der Waals surface area contributed by atoms with Crippen LogP contribution in [0.2, 0.25) is 0 Å². The van der Waals surface area contributed by atoms with Gasteiger partial charge in [-0.25, -0.2) is 0 Å². The maximum absolute atomic E-state index is 12.9. The van der Waals surface area contributed by atoms with Crippen molar-refractivity contribution in [2.24, 2.45) is 17.3 Å². The van der Waals surface area contributed by atoms with Gasteiger partial charge in [-0.05, 0) is 32.1 Å². The van der Waals surface area contributed by atoms with Crippen LogP contribution in [0.25, 0.3) is 0 Å². The average molecular weight is 305 g/mol. The SMILES string of the molecule is Cc1n[nH]c(C)c1C1CCCN1C(=O)[C@@H]1[C@H](C(=O)O)C1(C)C. The van der Waals surface area contributed by atoms with Gasteiger partial charge in [0.1, 0.15) is 0 Å². The van der Waals surface area contributed by atoms with E-state index in [-0.39, 0.29) is 11.9 Å². The van der Waals surface area contributed by atoms with Gasteiger partial charge in [0.15, 0.2) is 0 Å². The molecule has 1 amide bonds. The Bertz CT molecular complexity index is 615. The summed E-state index contributed by atoms with van der Waals surface area (Å²) in [4.78, 5) is 26.1. The van der Waals surface area contributed by atoms with Gasteiger partial charge in [0.2, 0.25) is 5.91 Å². The molecular formula is C16H23N3O3. The Hall–Kier alpha value is -1.85. The van der Waals surface area contributed by atoms with Gasteiger partial charge in [0, 0.05) is 17.8 Å². The Morgan fingerprint density at radius 2 is 2.00 bits per heavy atom. The maximum atomic E-state index is 12.9. The molecule has 1 saturated carbocycles. The molecule has 22 heavy (non-hydrogen) atoms. The highest BCUT2D eigenvalue weighted by atomic mass is 16.4. The highest BCUT2D eigenvalue weighted by molar-refractivity contribution is 5.92. The van der Waals surface area contributed by atoms with E-state index in [0.717, 1.165) is 29.8 Å². The second-order valence-corrected chi connectivity index (χ2v) is 7.15. The van der Waals surface area contributed by atoms with E-state index < -0.39 is 23.2 Å². The summed E-state index contributed by atoms with van der Waals surface area (Å²) in [6.45, 7) is 8.35. The number of nitrogens with one attached hydrogen (secondary N) is 1. The van der Waals surface area contributed by atoms with Crippen LogP contribution in [0.4, 0.5) is 0 Å². The van der Waals surface area contributed by atoms with Gasteiger partial charge in [-0.1, -0.05) is 13.8 Å². The minimum atomic E-state index is -0.866. The molecule has 120 valence electrons. The monoisotopic (exact) mass is 305 g/mol. The van der Waals surface area contributed by atoms with E-state index >= 15 is 0 Å². The first-order valence-electron chi connectivity index (χ1n) is 7.81. The average Bonchev–Trinajstić information content (AvgIpc) is 2.77. The quantitative estimate of drug-likeness (QED) is 0.895. The zero-order chi connectivity index (χ0) is 16.2. The molecule has 1 aromatic heterocycles. The van der Waals surface area contributed by atoms with Gasteiger partial charge in [0.25, 0.3) is 0 Å². The lowest BCUT2D eigenvalue weighted by Crippen LogP contribution is -2.33. The normalized spacial score (nSPS) is 29.6. The number of hydrogen-bond acceptors (Lipinski definition) is 3. The standard InChI is InChI=1S/C16H23N3O3/c1-8-11(9(2)18-17-8)10-6-5-7-19(10)14(20)12-13(15(21)22)16(12,3)4/h10,12-13H,5-7H2,1-4H3,(H,17,18)(H,21,22)/t10?,12-,13+/m0/s1. The smallest absolute Gasteiger partial charge is 0.307 e. The predicted octanol–water partition coefficient (Wildman–Crippen LogP) is 2.05. The van der Waals surface area contributed by atoms with Crippen molar-refractivity contribution in [1.29, 1.82) is 0 Å². The first-order valence-corrected chi connectivity index (χ1v) is 7.81. The molecule has 1 aliphatic carbocycles. The molecule has 1 unspecified atom stereocenters. The number of aromatic nitrogens is 2. The van der Waals surface area contributed by atoms with Crippen molar-refractivity contribution < 1.29 is 14.7 Å². The number of carboxylic acids is 1. The molecule has 1 aromatic rings. The van der Waals surface area contributed by atoms with Crippen LogP contribution < -0.4 is 0 Å². The third-order valence-corrected chi connectivity index (χ3v) is 5.41. The fourth-order valence-electron chi connectivity index (χ4n) is 4.12. The fraction of sp³-hybridized carbons (Fsp3) is 0.688. The van der Waals surface area contributed by atoms with Crippen LogP contribution in [0.1, 0.15) is 49.7 Å². The summed E-state index contributed by atoms with van der Waals surface area (Å²) in [7, 11) is 0. The summed E-state index contributed by atoms with van der Waals surface area (Å²) in [5, 5.41) is 16.5. The summed E-state index contributed by atoms with van der Waals surface area (Å²) >= 11 is 0. The molecule has 6 nitrogen and oxygen atoms in total. The topological polar surface area (TPSA) is 86.3 Å². The lowest BCUT2D eigenvalue weighted by molar-refractivity contribution is -0.142. The van der Waals surface area contributed by atoms with E-state index in [2.05, 4.69) is 10.2 Å². The van der Waals surface area contributed by atoms with Gasteiger partial charge in [-0.15, -0.1) is 0 Å². The number of aliphatic carboxylic acids is 1. The second kappa shape index (κ2) is 4.83. The number of nitrogens with zero attached hydrogens (tertiary/aromatic N) is 2. The Balaban J connectivity index is 1.86. The molecule has 1 saturated heterocycles. The van der Waals surface area contributed by atoms with Crippen molar-refractivity contribution in [3.05, 3.63) is 17.0 Å². The number of carbonyl (C=O) groups is 2. The molecule has 0 bridgehead atoms. The Morgan fingerprint density at radius 1 is 1.32 bits per heavy atom. The number of likely N-dealkylation sites (tertiary alicyclic amines) is 1. The molecule has 0 spiro atoms. The first kappa shape index (κ1) is 15.1. The molecule has 0 aromatic carbocycles. The minimum absolute atomic E-state index is 0.0140. The number of hydrogen-bond donors (Lipinski definition) is 2. The van der Waals surface area contributed by atoms with E-state index in [1.54, 1.807) is 0 Å². The van der Waals surface area contributed by atoms with Gasteiger partial charge in [-0.3, -0.25) is 14.7 Å². The number of carboxylic acid groups (broad SMARTS) is 1. The molecule has 6 heteroatoms. The van der Waals surface area contributed by atoms with E-state index in [0.29, 0.717) is 6.54 Å². The van der Waals surface area contributed by atoms with Crippen molar-refractivity contribution in [2.75, 3.05) is 6.54 Å². The molecular weight excluding hydrogens is 282 g/mol. The van der Waals surface area contributed by atoms with Crippen molar-refractivity contribution >= 4 is 11.9 Å². The number of carbonyl (C=O) groups excluding carboxylic acids is 1. The number of rotatable bonds is 3. The maximum Gasteiger partial charge on any atom is 0.307 e.